The van der Waals surface area contributed by atoms with Crippen LogP contribution in [0.25, 0.3) is 16.5 Å². The van der Waals surface area contributed by atoms with Crippen molar-refractivity contribution in [2.45, 2.75) is 33.9 Å². The van der Waals surface area contributed by atoms with E-state index in [1.54, 1.807) is 38.4 Å². The van der Waals surface area contributed by atoms with Crippen molar-refractivity contribution in [2.75, 3.05) is 19.4 Å². The third-order valence-corrected chi connectivity index (χ3v) is 3.27. The van der Waals surface area contributed by atoms with E-state index in [0.717, 1.165) is 11.5 Å². The first-order valence-corrected chi connectivity index (χ1v) is 8.34. The number of alkyl halides is 3. The molecule has 4 nitrogen and oxygen atoms in total. The van der Waals surface area contributed by atoms with Gasteiger partial charge in [0.25, 0.3) is 0 Å². The minimum Gasteiger partial charge on any atom is -0.371 e. The first-order valence-electron chi connectivity index (χ1n) is 8.34. The number of allylic oxidation sites excluding steroid dienone is 4. The lowest BCUT2D eigenvalue weighted by molar-refractivity contribution is -0.0872. The Labute approximate surface area is 153 Å². The van der Waals surface area contributed by atoms with Gasteiger partial charge in [-0.25, -0.2) is 4.98 Å². The van der Waals surface area contributed by atoms with Gasteiger partial charge in [0.1, 0.15) is 5.52 Å². The van der Waals surface area contributed by atoms with Gasteiger partial charge in [-0.05, 0) is 33.0 Å². The van der Waals surface area contributed by atoms with E-state index >= 15 is 0 Å². The number of hydrogen-bond donors (Lipinski definition) is 2. The van der Waals surface area contributed by atoms with Crippen molar-refractivity contribution in [1.29, 1.82) is 0 Å². The van der Waals surface area contributed by atoms with Crippen LogP contribution in [-0.2, 0) is 0 Å². The zero-order valence-corrected chi connectivity index (χ0v) is 16.1. The van der Waals surface area contributed by atoms with E-state index in [2.05, 4.69) is 21.0 Å². The molecule has 0 aromatic carbocycles. The Morgan fingerprint density at radius 3 is 2.23 bits per heavy atom. The van der Waals surface area contributed by atoms with E-state index < -0.39 is 11.7 Å². The summed E-state index contributed by atoms with van der Waals surface area (Å²) < 4.78 is 39.5. The van der Waals surface area contributed by atoms with Crippen LogP contribution >= 0.6 is 0 Å². The van der Waals surface area contributed by atoms with Crippen LogP contribution in [0.4, 0.5) is 19.0 Å². The molecule has 144 valence electrons. The number of aromatic nitrogens is 2. The molecule has 0 aliphatic heterocycles. The normalized spacial score (nSPS) is 11.9. The number of fused-ring (bicyclic) bond motifs is 1. The van der Waals surface area contributed by atoms with E-state index in [9.17, 15) is 13.2 Å². The van der Waals surface area contributed by atoms with Crippen LogP contribution in [0.2, 0.25) is 0 Å². The Balaban J connectivity index is 0.00000146. The fourth-order valence-electron chi connectivity index (χ4n) is 2.31. The summed E-state index contributed by atoms with van der Waals surface area (Å²) in [5, 5.41) is 3.61. The van der Waals surface area contributed by atoms with Gasteiger partial charge in [-0.3, -0.25) is 4.98 Å². The fraction of sp³-hybridized carbons (Fsp3) is 0.368. The summed E-state index contributed by atoms with van der Waals surface area (Å²) in [6.07, 6.45) is -0.327. The molecule has 0 aliphatic rings. The molecule has 0 bridgehead atoms. The summed E-state index contributed by atoms with van der Waals surface area (Å²) in [6, 6.07) is 5.15. The van der Waals surface area contributed by atoms with Crippen LogP contribution in [0.5, 0.6) is 0 Å². The Hall–Kier alpha value is -2.41. The summed E-state index contributed by atoms with van der Waals surface area (Å²) in [4.78, 5) is 8.50. The predicted molar refractivity (Wildman–Crippen MR) is 104 cm³/mol. The van der Waals surface area contributed by atoms with Gasteiger partial charge in [0, 0.05) is 24.2 Å². The van der Waals surface area contributed by atoms with E-state index in [4.69, 9.17) is 0 Å². The first-order chi connectivity index (χ1) is 12.4. The minimum atomic E-state index is -4.43. The van der Waals surface area contributed by atoms with Crippen LogP contribution in [-0.4, -0.2) is 30.2 Å². The van der Waals surface area contributed by atoms with Crippen LogP contribution in [0.3, 0.4) is 0 Å². The lowest BCUT2D eigenvalue weighted by Gasteiger charge is -2.16. The smallest absolute Gasteiger partial charge is 0.371 e. The summed E-state index contributed by atoms with van der Waals surface area (Å²) in [7, 11) is 3.16. The van der Waals surface area contributed by atoms with Crippen molar-refractivity contribution >= 4 is 22.3 Å². The van der Waals surface area contributed by atoms with Gasteiger partial charge in [0.15, 0.2) is 5.82 Å². The zero-order chi connectivity index (χ0) is 20.3. The molecule has 0 spiro atoms. The van der Waals surface area contributed by atoms with E-state index in [1.165, 1.54) is 20.0 Å². The van der Waals surface area contributed by atoms with Crippen LogP contribution in [0.1, 0.15) is 33.4 Å². The Morgan fingerprint density at radius 1 is 1.15 bits per heavy atom. The maximum absolute atomic E-state index is 13.2. The van der Waals surface area contributed by atoms with Gasteiger partial charge in [0.05, 0.1) is 11.3 Å². The standard InChI is InChI=1S/C16H16F3N3.C2H6.CH5N/c1-4-11(12(5-2)16(17,18)19)13-9-10-7-6-8-21-14(10)15(20-3)22-13;2*1-2/h4-9H,1-3H3,(H,20,22);1-2H3;2H2,1H3/b11-4+,12-5+;;. The Kier molecular flexibility index (Phi) is 10.2. The maximum atomic E-state index is 13.2. The number of hydrogen-bond acceptors (Lipinski definition) is 4. The number of nitrogens with two attached hydrogens (primary N) is 1. The fourth-order valence-corrected chi connectivity index (χ4v) is 2.31. The Morgan fingerprint density at radius 2 is 1.77 bits per heavy atom. The molecule has 2 aromatic heterocycles. The number of nitrogens with one attached hydrogen (secondary N) is 1. The number of nitrogens with zero attached hydrogens (tertiary/aromatic N) is 2. The predicted octanol–water partition coefficient (Wildman–Crippen LogP) is 5.18. The van der Waals surface area contributed by atoms with Crippen molar-refractivity contribution in [3.8, 4) is 0 Å². The van der Waals surface area contributed by atoms with Crippen LogP contribution in [0, 0.1) is 0 Å². The molecule has 2 rings (SSSR count). The number of rotatable bonds is 3. The van der Waals surface area contributed by atoms with Crippen molar-refractivity contribution in [3.05, 3.63) is 47.8 Å². The molecule has 2 heterocycles. The molecule has 0 amide bonds. The molecule has 0 saturated carbocycles. The molecular formula is C19H27F3N4. The number of pyridine rings is 2. The second-order valence-electron chi connectivity index (χ2n) is 4.58. The van der Waals surface area contributed by atoms with E-state index in [-0.39, 0.29) is 11.3 Å². The highest BCUT2D eigenvalue weighted by atomic mass is 19.4. The topological polar surface area (TPSA) is 63.8 Å². The molecule has 0 unspecified atom stereocenters. The van der Waals surface area contributed by atoms with Crippen molar-refractivity contribution in [2.24, 2.45) is 5.73 Å². The second kappa shape index (κ2) is 11.3. The van der Waals surface area contributed by atoms with E-state index in [1.807, 2.05) is 13.8 Å². The first kappa shape index (κ1) is 23.6. The summed E-state index contributed by atoms with van der Waals surface area (Å²) >= 11 is 0. The van der Waals surface area contributed by atoms with Crippen molar-refractivity contribution in [3.63, 3.8) is 0 Å². The van der Waals surface area contributed by atoms with Crippen LogP contribution in [0.15, 0.2) is 42.1 Å². The van der Waals surface area contributed by atoms with Gasteiger partial charge in [-0.2, -0.15) is 13.2 Å². The van der Waals surface area contributed by atoms with Gasteiger partial charge >= 0.3 is 6.18 Å². The number of anilines is 1. The quantitative estimate of drug-likeness (QED) is 0.732. The maximum Gasteiger partial charge on any atom is 0.416 e. The molecule has 0 fully saturated rings. The third-order valence-electron chi connectivity index (χ3n) is 3.27. The summed E-state index contributed by atoms with van der Waals surface area (Å²) in [5.41, 5.74) is 4.74. The molecule has 0 atom stereocenters. The second-order valence-corrected chi connectivity index (χ2v) is 4.58. The molecule has 2 aromatic rings. The van der Waals surface area contributed by atoms with Gasteiger partial charge in [-0.1, -0.05) is 32.1 Å². The molecular weight excluding hydrogens is 341 g/mol. The average Bonchev–Trinajstić information content (AvgIpc) is 2.67. The molecule has 0 radical (unpaired) electrons. The minimum absolute atomic E-state index is 0.0530. The highest BCUT2D eigenvalue weighted by molar-refractivity contribution is 5.92. The summed E-state index contributed by atoms with van der Waals surface area (Å²) in [5.74, 6) is 0.449. The van der Waals surface area contributed by atoms with E-state index in [0.29, 0.717) is 11.3 Å². The highest BCUT2D eigenvalue weighted by Gasteiger charge is 2.36. The van der Waals surface area contributed by atoms with Crippen LogP contribution < -0.4 is 11.1 Å². The molecule has 3 N–H and O–H groups in total. The average molecular weight is 368 g/mol. The highest BCUT2D eigenvalue weighted by Crippen LogP contribution is 2.37. The SMILES string of the molecule is C/C=C(\C(=C/C)C(F)(F)F)c1cc2cccnc2c(NC)n1.CC.CN. The van der Waals surface area contributed by atoms with Gasteiger partial charge < -0.3 is 11.1 Å². The molecule has 0 saturated heterocycles. The largest absolute Gasteiger partial charge is 0.416 e. The lowest BCUT2D eigenvalue weighted by atomic mass is 10.00. The van der Waals surface area contributed by atoms with Crippen molar-refractivity contribution in [1.82, 2.24) is 9.97 Å². The molecule has 7 heteroatoms. The van der Waals surface area contributed by atoms with Gasteiger partial charge in [0.2, 0.25) is 0 Å². The lowest BCUT2D eigenvalue weighted by Crippen LogP contribution is -2.14. The third kappa shape index (κ3) is 5.56. The molecule has 26 heavy (non-hydrogen) atoms. The Bertz CT molecular complexity index is 750. The molecule has 0 aliphatic carbocycles. The summed E-state index contributed by atoms with van der Waals surface area (Å²) in [6.45, 7) is 6.94. The number of halogens is 3. The zero-order valence-electron chi connectivity index (χ0n) is 16.1. The monoisotopic (exact) mass is 368 g/mol. The van der Waals surface area contributed by atoms with Gasteiger partial charge in [-0.15, -0.1) is 0 Å². The van der Waals surface area contributed by atoms with Crippen molar-refractivity contribution < 1.29 is 13.2 Å².